The van der Waals surface area contributed by atoms with Crippen LogP contribution in [0.4, 0.5) is 0 Å². The Morgan fingerprint density at radius 3 is 2.57 bits per heavy atom. The monoisotopic (exact) mass is 275 g/mol. The van der Waals surface area contributed by atoms with Crippen LogP contribution in [-0.2, 0) is 6.54 Å². The number of aromatic nitrogens is 1. The van der Waals surface area contributed by atoms with Gasteiger partial charge in [0.25, 0.3) is 0 Å². The van der Waals surface area contributed by atoms with Crippen molar-refractivity contribution in [3.63, 3.8) is 0 Å². The standard InChI is InChI=1S/C19H17NO/c1-2-11-20-17-7-4-3-6-15(17)16-13-14(9-10-18(16)20)19-8-5-12-21-19/h3-10,12-13H,2,11H2,1H3. The highest BCUT2D eigenvalue weighted by Gasteiger charge is 2.11. The number of rotatable bonds is 3. The average Bonchev–Trinajstić information content (AvgIpc) is 3.15. The number of fused-ring (bicyclic) bond motifs is 3. The van der Waals surface area contributed by atoms with E-state index in [1.54, 1.807) is 6.26 Å². The van der Waals surface area contributed by atoms with E-state index in [1.165, 1.54) is 21.8 Å². The normalized spacial score (nSPS) is 11.5. The van der Waals surface area contributed by atoms with Crippen LogP contribution in [0.25, 0.3) is 33.1 Å². The first kappa shape index (κ1) is 12.3. The number of aryl methyl sites for hydroxylation is 1. The lowest BCUT2D eigenvalue weighted by atomic mass is 10.1. The average molecular weight is 275 g/mol. The van der Waals surface area contributed by atoms with E-state index < -0.39 is 0 Å². The Bertz CT molecular complexity index is 900. The summed E-state index contributed by atoms with van der Waals surface area (Å²) < 4.78 is 7.94. The lowest BCUT2D eigenvalue weighted by Crippen LogP contribution is -1.95. The van der Waals surface area contributed by atoms with Gasteiger partial charge in [-0.25, -0.2) is 0 Å². The molecule has 0 amide bonds. The Morgan fingerprint density at radius 2 is 1.76 bits per heavy atom. The summed E-state index contributed by atoms with van der Waals surface area (Å²) >= 11 is 0. The summed E-state index contributed by atoms with van der Waals surface area (Å²) in [5, 5.41) is 2.61. The van der Waals surface area contributed by atoms with Crippen molar-refractivity contribution in [3.05, 3.63) is 60.9 Å². The van der Waals surface area contributed by atoms with E-state index in [4.69, 9.17) is 4.42 Å². The molecule has 4 aromatic rings. The molecule has 0 aliphatic heterocycles. The third kappa shape index (κ3) is 1.87. The van der Waals surface area contributed by atoms with Crippen LogP contribution in [0.3, 0.4) is 0 Å². The van der Waals surface area contributed by atoms with Crippen LogP contribution in [0.15, 0.2) is 65.3 Å². The molecule has 0 aliphatic rings. The van der Waals surface area contributed by atoms with E-state index in [2.05, 4.69) is 54.0 Å². The van der Waals surface area contributed by atoms with Gasteiger partial charge in [0, 0.05) is 33.9 Å². The van der Waals surface area contributed by atoms with Gasteiger partial charge in [0.2, 0.25) is 0 Å². The van der Waals surface area contributed by atoms with Crippen LogP contribution in [0.2, 0.25) is 0 Å². The number of benzene rings is 2. The second-order valence-electron chi connectivity index (χ2n) is 5.38. The summed E-state index contributed by atoms with van der Waals surface area (Å²) in [6.07, 6.45) is 2.85. The molecule has 2 aromatic carbocycles. The van der Waals surface area contributed by atoms with Crippen LogP contribution in [-0.4, -0.2) is 4.57 Å². The topological polar surface area (TPSA) is 18.1 Å². The first-order chi connectivity index (χ1) is 10.4. The van der Waals surface area contributed by atoms with Crippen LogP contribution in [0.1, 0.15) is 13.3 Å². The zero-order chi connectivity index (χ0) is 14.2. The Labute approximate surface area is 123 Å². The lowest BCUT2D eigenvalue weighted by Gasteiger charge is -2.05. The molecule has 0 fully saturated rings. The first-order valence-electron chi connectivity index (χ1n) is 7.43. The molecule has 0 N–H and O–H groups in total. The quantitative estimate of drug-likeness (QED) is 0.485. The SMILES string of the molecule is CCCn1c2ccccc2c2cc(-c3ccco3)ccc21. The van der Waals surface area contributed by atoms with E-state index in [0.717, 1.165) is 24.3 Å². The minimum absolute atomic E-state index is 0.921. The van der Waals surface area contributed by atoms with Crippen LogP contribution in [0, 0.1) is 0 Å². The van der Waals surface area contributed by atoms with Crippen LogP contribution in [0.5, 0.6) is 0 Å². The second-order valence-corrected chi connectivity index (χ2v) is 5.38. The fourth-order valence-electron chi connectivity index (χ4n) is 3.11. The number of hydrogen-bond donors (Lipinski definition) is 0. The highest BCUT2D eigenvalue weighted by atomic mass is 16.3. The van der Waals surface area contributed by atoms with Crippen LogP contribution >= 0.6 is 0 Å². The van der Waals surface area contributed by atoms with Crippen molar-refractivity contribution < 1.29 is 4.42 Å². The molecule has 104 valence electrons. The predicted octanol–water partition coefficient (Wildman–Crippen LogP) is 5.46. The van der Waals surface area contributed by atoms with Crippen molar-refractivity contribution in [2.45, 2.75) is 19.9 Å². The molecule has 2 heteroatoms. The van der Waals surface area contributed by atoms with Gasteiger partial charge in [0.05, 0.1) is 6.26 Å². The molecule has 0 saturated carbocycles. The molecule has 2 heterocycles. The maximum atomic E-state index is 5.53. The molecule has 4 rings (SSSR count). The first-order valence-corrected chi connectivity index (χ1v) is 7.43. The van der Waals surface area contributed by atoms with E-state index in [1.807, 2.05) is 12.1 Å². The highest BCUT2D eigenvalue weighted by molar-refractivity contribution is 6.09. The molecule has 0 radical (unpaired) electrons. The molecule has 21 heavy (non-hydrogen) atoms. The largest absolute Gasteiger partial charge is 0.464 e. The summed E-state index contributed by atoms with van der Waals surface area (Å²) in [4.78, 5) is 0. The van der Waals surface area contributed by atoms with Crippen molar-refractivity contribution in [1.29, 1.82) is 0 Å². The molecule has 0 saturated heterocycles. The van der Waals surface area contributed by atoms with Crippen molar-refractivity contribution in [1.82, 2.24) is 4.57 Å². The van der Waals surface area contributed by atoms with Gasteiger partial charge in [0.15, 0.2) is 0 Å². The minimum Gasteiger partial charge on any atom is -0.464 e. The second kappa shape index (κ2) is 4.81. The minimum atomic E-state index is 0.921. The predicted molar refractivity (Wildman–Crippen MR) is 87.4 cm³/mol. The van der Waals surface area contributed by atoms with E-state index in [-0.39, 0.29) is 0 Å². The zero-order valence-electron chi connectivity index (χ0n) is 12.0. The van der Waals surface area contributed by atoms with Crippen molar-refractivity contribution in [3.8, 4) is 11.3 Å². The number of hydrogen-bond acceptors (Lipinski definition) is 1. The number of nitrogens with zero attached hydrogens (tertiary/aromatic N) is 1. The molecule has 0 unspecified atom stereocenters. The van der Waals surface area contributed by atoms with Crippen LogP contribution < -0.4 is 0 Å². The molecular weight excluding hydrogens is 258 g/mol. The summed E-state index contributed by atoms with van der Waals surface area (Å²) in [7, 11) is 0. The van der Waals surface area contributed by atoms with Gasteiger partial charge in [-0.1, -0.05) is 25.1 Å². The maximum absolute atomic E-state index is 5.53. The molecule has 2 nitrogen and oxygen atoms in total. The third-order valence-electron chi connectivity index (χ3n) is 4.03. The third-order valence-corrected chi connectivity index (χ3v) is 4.03. The smallest absolute Gasteiger partial charge is 0.133 e. The molecule has 0 aliphatic carbocycles. The van der Waals surface area contributed by atoms with Gasteiger partial charge >= 0.3 is 0 Å². The molecule has 0 spiro atoms. The van der Waals surface area contributed by atoms with Gasteiger partial charge < -0.3 is 8.98 Å². The number of para-hydroxylation sites is 1. The fraction of sp³-hybridized carbons (Fsp3) is 0.158. The van der Waals surface area contributed by atoms with Gasteiger partial charge in [-0.15, -0.1) is 0 Å². The maximum Gasteiger partial charge on any atom is 0.133 e. The van der Waals surface area contributed by atoms with Crippen molar-refractivity contribution in [2.24, 2.45) is 0 Å². The number of furan rings is 1. The Balaban J connectivity index is 2.05. The summed E-state index contributed by atoms with van der Waals surface area (Å²) in [6.45, 7) is 3.27. The fourth-order valence-corrected chi connectivity index (χ4v) is 3.11. The highest BCUT2D eigenvalue weighted by Crippen LogP contribution is 2.32. The molecule has 0 atom stereocenters. The van der Waals surface area contributed by atoms with E-state index >= 15 is 0 Å². The van der Waals surface area contributed by atoms with E-state index in [0.29, 0.717) is 0 Å². The Kier molecular flexibility index (Phi) is 2.81. The zero-order valence-corrected chi connectivity index (χ0v) is 12.0. The van der Waals surface area contributed by atoms with Gasteiger partial charge in [-0.3, -0.25) is 0 Å². The summed E-state index contributed by atoms with van der Waals surface area (Å²) in [5.41, 5.74) is 3.74. The van der Waals surface area contributed by atoms with Gasteiger partial charge in [-0.2, -0.15) is 0 Å². The summed E-state index contributed by atoms with van der Waals surface area (Å²) in [5.74, 6) is 0.921. The van der Waals surface area contributed by atoms with Crippen molar-refractivity contribution >= 4 is 21.8 Å². The molecular formula is C19H17NO. The lowest BCUT2D eigenvalue weighted by molar-refractivity contribution is 0.582. The van der Waals surface area contributed by atoms with E-state index in [9.17, 15) is 0 Å². The van der Waals surface area contributed by atoms with Gasteiger partial charge in [0.1, 0.15) is 5.76 Å². The van der Waals surface area contributed by atoms with Crippen molar-refractivity contribution in [2.75, 3.05) is 0 Å². The summed E-state index contributed by atoms with van der Waals surface area (Å²) in [6, 6.07) is 19.2. The van der Waals surface area contributed by atoms with Gasteiger partial charge in [-0.05, 0) is 42.8 Å². The molecule has 0 bridgehead atoms. The molecule has 2 aromatic heterocycles. The Morgan fingerprint density at radius 1 is 0.905 bits per heavy atom. The Hall–Kier alpha value is -2.48.